The second-order valence-electron chi connectivity index (χ2n) is 6.06. The van der Waals surface area contributed by atoms with Gasteiger partial charge in [0.15, 0.2) is 0 Å². The summed E-state index contributed by atoms with van der Waals surface area (Å²) in [7, 11) is 1.61. The lowest BCUT2D eigenvalue weighted by atomic mass is 10.1. The van der Waals surface area contributed by atoms with Gasteiger partial charge in [0, 0.05) is 22.5 Å². The van der Waals surface area contributed by atoms with Crippen molar-refractivity contribution in [2.24, 2.45) is 0 Å². The van der Waals surface area contributed by atoms with Crippen LogP contribution in [0.1, 0.15) is 0 Å². The maximum atomic E-state index is 12.6. The minimum Gasteiger partial charge on any atom is -0.497 e. The molecule has 0 aliphatic carbocycles. The first kappa shape index (κ1) is 17.9. The number of amides is 2. The van der Waals surface area contributed by atoms with E-state index in [0.717, 1.165) is 11.2 Å². The second-order valence-corrected chi connectivity index (χ2v) is 6.49. The molecule has 7 heteroatoms. The smallest absolute Gasteiger partial charge is 0.324 e. The highest BCUT2D eigenvalue weighted by molar-refractivity contribution is 6.30. The fraction of sp³-hybridized carbons (Fsp3) is 0.0476. The highest BCUT2D eigenvalue weighted by Crippen LogP contribution is 2.31. The summed E-state index contributed by atoms with van der Waals surface area (Å²) in [5.74, 6) is 1.28. The fourth-order valence-corrected chi connectivity index (χ4v) is 3.02. The number of fused-ring (bicyclic) bond motifs is 1. The molecule has 0 unspecified atom stereocenters. The van der Waals surface area contributed by atoms with Crippen LogP contribution in [0.5, 0.6) is 5.75 Å². The number of carbonyl (C=O) groups excluding carboxylic acids is 1. The molecular weight excluding hydrogens is 376 g/mol. The van der Waals surface area contributed by atoms with Crippen LogP contribution in [-0.4, -0.2) is 22.5 Å². The molecule has 2 amide bonds. The van der Waals surface area contributed by atoms with Gasteiger partial charge in [-0.3, -0.25) is 9.72 Å². The van der Waals surface area contributed by atoms with Gasteiger partial charge in [-0.25, -0.2) is 9.78 Å². The average Bonchev–Trinajstić information content (AvgIpc) is 3.08. The predicted octanol–water partition coefficient (Wildman–Crippen LogP) is 5.31. The van der Waals surface area contributed by atoms with E-state index in [1.165, 1.54) is 0 Å². The van der Waals surface area contributed by atoms with Crippen molar-refractivity contribution in [2.75, 3.05) is 17.7 Å². The third-order valence-electron chi connectivity index (χ3n) is 4.21. The number of imidazole rings is 1. The Balaban J connectivity index is 1.70. The van der Waals surface area contributed by atoms with Crippen molar-refractivity contribution in [3.63, 3.8) is 0 Å². The molecule has 2 aromatic carbocycles. The van der Waals surface area contributed by atoms with Crippen LogP contribution >= 0.6 is 11.6 Å². The number of ether oxygens (including phenoxy) is 1. The number of aromatic nitrogens is 2. The summed E-state index contributed by atoms with van der Waals surface area (Å²) in [6, 6.07) is 19.7. The Labute approximate surface area is 166 Å². The van der Waals surface area contributed by atoms with Gasteiger partial charge >= 0.3 is 6.03 Å². The number of halogens is 1. The molecule has 0 radical (unpaired) electrons. The van der Waals surface area contributed by atoms with E-state index in [1.807, 2.05) is 53.1 Å². The monoisotopic (exact) mass is 392 g/mol. The number of hydrogen-bond acceptors (Lipinski definition) is 3. The summed E-state index contributed by atoms with van der Waals surface area (Å²) in [5, 5.41) is 6.31. The summed E-state index contributed by atoms with van der Waals surface area (Å²) in [6.45, 7) is 0. The number of pyridine rings is 1. The van der Waals surface area contributed by atoms with E-state index in [9.17, 15) is 4.79 Å². The van der Waals surface area contributed by atoms with Crippen molar-refractivity contribution in [3.8, 4) is 17.0 Å². The van der Waals surface area contributed by atoms with Gasteiger partial charge < -0.3 is 10.1 Å². The molecule has 28 heavy (non-hydrogen) atoms. The SMILES string of the molecule is COc1cccc(-c2nc3ccccn3c2NC(=O)Nc2ccc(Cl)cc2)c1. The van der Waals surface area contributed by atoms with Crippen molar-refractivity contribution in [1.82, 2.24) is 9.38 Å². The van der Waals surface area contributed by atoms with Crippen LogP contribution in [0.4, 0.5) is 16.3 Å². The summed E-state index contributed by atoms with van der Waals surface area (Å²) < 4.78 is 7.14. The zero-order valence-electron chi connectivity index (χ0n) is 15.0. The summed E-state index contributed by atoms with van der Waals surface area (Å²) in [4.78, 5) is 17.3. The number of urea groups is 1. The van der Waals surface area contributed by atoms with Gasteiger partial charge in [-0.1, -0.05) is 29.8 Å². The molecule has 0 bridgehead atoms. The zero-order chi connectivity index (χ0) is 19.5. The molecule has 0 fully saturated rings. The van der Waals surface area contributed by atoms with Crippen LogP contribution in [0.15, 0.2) is 72.9 Å². The topological polar surface area (TPSA) is 67.7 Å². The number of hydrogen-bond donors (Lipinski definition) is 2. The number of nitrogens with one attached hydrogen (secondary N) is 2. The van der Waals surface area contributed by atoms with Crippen molar-refractivity contribution >= 4 is 34.8 Å². The normalized spacial score (nSPS) is 10.6. The number of methoxy groups -OCH3 is 1. The van der Waals surface area contributed by atoms with Gasteiger partial charge in [0.25, 0.3) is 0 Å². The largest absolute Gasteiger partial charge is 0.497 e. The van der Waals surface area contributed by atoms with Crippen LogP contribution in [0, 0.1) is 0 Å². The Bertz CT molecular complexity index is 1140. The molecule has 2 heterocycles. The van der Waals surface area contributed by atoms with E-state index in [0.29, 0.717) is 28.0 Å². The summed E-state index contributed by atoms with van der Waals surface area (Å²) in [5.41, 5.74) is 2.85. The maximum Gasteiger partial charge on any atom is 0.324 e. The minimum absolute atomic E-state index is 0.378. The van der Waals surface area contributed by atoms with Gasteiger partial charge in [0.2, 0.25) is 0 Å². The van der Waals surface area contributed by atoms with E-state index < -0.39 is 0 Å². The lowest BCUT2D eigenvalue weighted by Gasteiger charge is -2.10. The maximum absolute atomic E-state index is 12.6. The van der Waals surface area contributed by atoms with Crippen molar-refractivity contribution in [1.29, 1.82) is 0 Å². The molecule has 0 spiro atoms. The van der Waals surface area contributed by atoms with E-state index in [1.54, 1.807) is 31.4 Å². The molecule has 2 N–H and O–H groups in total. The lowest BCUT2D eigenvalue weighted by Crippen LogP contribution is -2.20. The standard InChI is InChI=1S/C21H17ClN4O2/c1-28-17-6-4-5-14(13-17)19-20(26-12-3-2-7-18(26)24-19)25-21(27)23-16-10-8-15(22)9-11-16/h2-13H,1H3,(H2,23,25,27). The van der Waals surface area contributed by atoms with Gasteiger partial charge in [-0.2, -0.15) is 0 Å². The molecule has 0 aliphatic heterocycles. The first-order valence-electron chi connectivity index (χ1n) is 8.59. The van der Waals surface area contributed by atoms with Gasteiger partial charge in [-0.05, 0) is 48.5 Å². The Morgan fingerprint density at radius 3 is 2.64 bits per heavy atom. The van der Waals surface area contributed by atoms with E-state index in [4.69, 9.17) is 16.3 Å². The molecule has 0 atom stereocenters. The lowest BCUT2D eigenvalue weighted by molar-refractivity contribution is 0.262. The Kier molecular flexibility index (Phi) is 4.87. The first-order chi connectivity index (χ1) is 13.6. The number of anilines is 2. The quantitative estimate of drug-likeness (QED) is 0.494. The highest BCUT2D eigenvalue weighted by Gasteiger charge is 2.17. The molecule has 0 aliphatic rings. The van der Waals surface area contributed by atoms with E-state index in [2.05, 4.69) is 15.6 Å². The molecule has 6 nitrogen and oxygen atoms in total. The molecule has 0 saturated carbocycles. The summed E-state index contributed by atoms with van der Waals surface area (Å²) in [6.07, 6.45) is 1.85. The van der Waals surface area contributed by atoms with Gasteiger partial charge in [0.05, 0.1) is 7.11 Å². The number of rotatable bonds is 4. The number of nitrogens with zero attached hydrogens (tertiary/aromatic N) is 2. The zero-order valence-corrected chi connectivity index (χ0v) is 15.8. The fourth-order valence-electron chi connectivity index (χ4n) is 2.89. The second kappa shape index (κ2) is 7.62. The minimum atomic E-state index is -0.378. The van der Waals surface area contributed by atoms with Crippen molar-refractivity contribution < 1.29 is 9.53 Å². The number of carbonyl (C=O) groups is 1. The van der Waals surface area contributed by atoms with Crippen LogP contribution in [-0.2, 0) is 0 Å². The van der Waals surface area contributed by atoms with Gasteiger partial charge in [0.1, 0.15) is 22.9 Å². The van der Waals surface area contributed by atoms with Crippen LogP contribution in [0.2, 0.25) is 5.02 Å². The number of benzene rings is 2. The molecule has 0 saturated heterocycles. The van der Waals surface area contributed by atoms with Crippen molar-refractivity contribution in [3.05, 3.63) is 77.9 Å². The third kappa shape index (κ3) is 3.63. The summed E-state index contributed by atoms with van der Waals surface area (Å²) >= 11 is 5.89. The van der Waals surface area contributed by atoms with Crippen LogP contribution < -0.4 is 15.4 Å². The van der Waals surface area contributed by atoms with E-state index in [-0.39, 0.29) is 6.03 Å². The Morgan fingerprint density at radius 1 is 1.04 bits per heavy atom. The first-order valence-corrected chi connectivity index (χ1v) is 8.97. The van der Waals surface area contributed by atoms with Crippen molar-refractivity contribution in [2.45, 2.75) is 0 Å². The highest BCUT2D eigenvalue weighted by atomic mass is 35.5. The molecular formula is C21H17ClN4O2. The molecule has 140 valence electrons. The molecule has 4 aromatic rings. The Hall–Kier alpha value is -3.51. The molecule has 4 rings (SSSR count). The molecule has 2 aromatic heterocycles. The Morgan fingerprint density at radius 2 is 1.86 bits per heavy atom. The predicted molar refractivity (Wildman–Crippen MR) is 111 cm³/mol. The van der Waals surface area contributed by atoms with Gasteiger partial charge in [-0.15, -0.1) is 0 Å². The van der Waals surface area contributed by atoms with Crippen LogP contribution in [0.3, 0.4) is 0 Å². The third-order valence-corrected chi connectivity index (χ3v) is 4.46. The van der Waals surface area contributed by atoms with E-state index >= 15 is 0 Å². The average molecular weight is 393 g/mol. The van der Waals surface area contributed by atoms with Crippen LogP contribution in [0.25, 0.3) is 16.9 Å².